The van der Waals surface area contributed by atoms with E-state index in [9.17, 15) is 0 Å². The Bertz CT molecular complexity index is 132. The Kier molecular flexibility index (Phi) is 3.80. The Hall–Kier alpha value is -0.300. The van der Waals surface area contributed by atoms with Gasteiger partial charge < -0.3 is 0 Å². The highest BCUT2D eigenvalue weighted by Crippen LogP contribution is 2.22. The highest BCUT2D eigenvalue weighted by Gasteiger charge is 2.23. The molecule has 1 fully saturated rings. The topological polar surface area (TPSA) is 3.24 Å². The van der Waals surface area contributed by atoms with Crippen LogP contribution in [0.5, 0.6) is 0 Å². The Morgan fingerprint density at radius 1 is 1.33 bits per heavy atom. The summed E-state index contributed by atoms with van der Waals surface area (Å²) in [6, 6.07) is 1.57. The van der Waals surface area contributed by atoms with Gasteiger partial charge in [0.1, 0.15) is 0 Å². The van der Waals surface area contributed by atoms with Crippen molar-refractivity contribution in [3.8, 4) is 0 Å². The van der Waals surface area contributed by atoms with E-state index in [1.807, 2.05) is 6.08 Å². The molecule has 1 heteroatoms. The van der Waals surface area contributed by atoms with Crippen molar-refractivity contribution in [2.24, 2.45) is 0 Å². The van der Waals surface area contributed by atoms with E-state index in [1.54, 1.807) is 0 Å². The minimum absolute atomic E-state index is 0.786. The van der Waals surface area contributed by atoms with Gasteiger partial charge in [0, 0.05) is 18.6 Å². The van der Waals surface area contributed by atoms with Crippen molar-refractivity contribution >= 4 is 0 Å². The monoisotopic (exact) mass is 167 g/mol. The van der Waals surface area contributed by atoms with E-state index < -0.39 is 0 Å². The lowest BCUT2D eigenvalue weighted by molar-refractivity contribution is 0.106. The summed E-state index contributed by atoms with van der Waals surface area (Å²) in [6.45, 7) is 9.66. The zero-order chi connectivity index (χ0) is 8.97. The molecule has 2 atom stereocenters. The van der Waals surface area contributed by atoms with Crippen molar-refractivity contribution in [1.29, 1.82) is 0 Å². The summed E-state index contributed by atoms with van der Waals surface area (Å²) in [7, 11) is 0. The third kappa shape index (κ3) is 2.34. The van der Waals surface area contributed by atoms with Gasteiger partial charge in [-0.15, -0.1) is 6.58 Å². The average molecular weight is 167 g/mol. The van der Waals surface area contributed by atoms with Crippen LogP contribution in [0.1, 0.15) is 39.5 Å². The average Bonchev–Trinajstić information content (AvgIpc) is 2.04. The van der Waals surface area contributed by atoms with Crippen LogP contribution in [0, 0.1) is 0 Å². The summed E-state index contributed by atoms with van der Waals surface area (Å²) in [5, 5.41) is 0. The second kappa shape index (κ2) is 4.66. The highest BCUT2D eigenvalue weighted by atomic mass is 15.2. The van der Waals surface area contributed by atoms with Gasteiger partial charge in [-0.25, -0.2) is 0 Å². The number of rotatable bonds is 3. The third-order valence-electron chi connectivity index (χ3n) is 2.97. The van der Waals surface area contributed by atoms with E-state index in [1.165, 1.54) is 25.8 Å². The number of nitrogens with zero attached hydrogens (tertiary/aromatic N) is 1. The SMILES string of the molecule is C=CCCN1[C@H](C)CCC[C@@H]1C. The van der Waals surface area contributed by atoms with Crippen LogP contribution in [-0.2, 0) is 0 Å². The second-order valence-corrected chi connectivity index (χ2v) is 3.94. The van der Waals surface area contributed by atoms with Gasteiger partial charge in [0.2, 0.25) is 0 Å². The summed E-state index contributed by atoms with van der Waals surface area (Å²) in [5.74, 6) is 0. The molecule has 0 radical (unpaired) electrons. The van der Waals surface area contributed by atoms with Crippen molar-refractivity contribution < 1.29 is 0 Å². The molecule has 0 saturated carbocycles. The van der Waals surface area contributed by atoms with Gasteiger partial charge in [0.05, 0.1) is 0 Å². The maximum atomic E-state index is 3.77. The van der Waals surface area contributed by atoms with Crippen LogP contribution < -0.4 is 0 Å². The van der Waals surface area contributed by atoms with Gasteiger partial charge in [-0.3, -0.25) is 4.90 Å². The van der Waals surface area contributed by atoms with E-state index in [0.29, 0.717) is 0 Å². The first-order valence-electron chi connectivity index (χ1n) is 5.12. The largest absolute Gasteiger partial charge is 0.298 e. The van der Waals surface area contributed by atoms with Crippen molar-refractivity contribution in [2.45, 2.75) is 51.6 Å². The van der Waals surface area contributed by atoms with Crippen LogP contribution in [0.15, 0.2) is 12.7 Å². The number of hydrogen-bond donors (Lipinski definition) is 0. The summed E-state index contributed by atoms with van der Waals surface area (Å²) in [6.07, 6.45) is 7.32. The van der Waals surface area contributed by atoms with E-state index in [4.69, 9.17) is 0 Å². The van der Waals surface area contributed by atoms with Gasteiger partial charge in [-0.1, -0.05) is 12.5 Å². The number of hydrogen-bond acceptors (Lipinski definition) is 1. The predicted molar refractivity (Wildman–Crippen MR) is 54.3 cm³/mol. The second-order valence-electron chi connectivity index (χ2n) is 3.94. The third-order valence-corrected chi connectivity index (χ3v) is 2.97. The summed E-state index contributed by atoms with van der Waals surface area (Å²) in [5.41, 5.74) is 0. The van der Waals surface area contributed by atoms with Crippen LogP contribution in [0.25, 0.3) is 0 Å². The molecular weight excluding hydrogens is 146 g/mol. The molecule has 0 bridgehead atoms. The maximum Gasteiger partial charge on any atom is 0.00698 e. The fourth-order valence-electron chi connectivity index (χ4n) is 2.16. The standard InChI is InChI=1S/C11H21N/c1-4-5-9-12-10(2)7-6-8-11(12)3/h4,10-11H,1,5-9H2,2-3H3/t10-,11+. The molecule has 0 aliphatic carbocycles. The van der Waals surface area contributed by atoms with Crippen LogP contribution in [0.3, 0.4) is 0 Å². The molecule has 1 aliphatic rings. The van der Waals surface area contributed by atoms with Crippen LogP contribution in [-0.4, -0.2) is 23.5 Å². The van der Waals surface area contributed by atoms with E-state index in [-0.39, 0.29) is 0 Å². The molecule has 0 spiro atoms. The summed E-state index contributed by atoms with van der Waals surface area (Å²) in [4.78, 5) is 2.62. The lowest BCUT2D eigenvalue weighted by Gasteiger charge is -2.38. The molecule has 0 unspecified atom stereocenters. The van der Waals surface area contributed by atoms with Gasteiger partial charge in [0.15, 0.2) is 0 Å². The molecule has 1 saturated heterocycles. The van der Waals surface area contributed by atoms with Crippen LogP contribution in [0.4, 0.5) is 0 Å². The Morgan fingerprint density at radius 2 is 1.92 bits per heavy atom. The molecule has 0 aromatic rings. The minimum atomic E-state index is 0.786. The molecule has 12 heavy (non-hydrogen) atoms. The molecule has 70 valence electrons. The molecule has 0 aromatic carbocycles. The van der Waals surface area contributed by atoms with Crippen molar-refractivity contribution in [3.63, 3.8) is 0 Å². The zero-order valence-electron chi connectivity index (χ0n) is 8.42. The van der Waals surface area contributed by atoms with E-state index in [0.717, 1.165) is 18.5 Å². The van der Waals surface area contributed by atoms with Gasteiger partial charge >= 0.3 is 0 Å². The molecule has 0 N–H and O–H groups in total. The molecule has 1 heterocycles. The Labute approximate surface area is 76.5 Å². The minimum Gasteiger partial charge on any atom is -0.298 e. The van der Waals surface area contributed by atoms with Gasteiger partial charge in [-0.05, 0) is 33.1 Å². The number of likely N-dealkylation sites (tertiary alicyclic amines) is 1. The lowest BCUT2D eigenvalue weighted by atomic mass is 9.97. The number of piperidine rings is 1. The first-order valence-corrected chi connectivity index (χ1v) is 5.12. The van der Waals surface area contributed by atoms with Crippen molar-refractivity contribution in [2.75, 3.05) is 6.54 Å². The normalized spacial score (nSPS) is 31.8. The quantitative estimate of drug-likeness (QED) is 0.584. The van der Waals surface area contributed by atoms with Gasteiger partial charge in [0.25, 0.3) is 0 Å². The van der Waals surface area contributed by atoms with Crippen molar-refractivity contribution in [3.05, 3.63) is 12.7 Å². The Balaban J connectivity index is 2.39. The maximum absolute atomic E-state index is 3.77. The zero-order valence-corrected chi connectivity index (χ0v) is 8.42. The fraction of sp³-hybridized carbons (Fsp3) is 0.818. The lowest BCUT2D eigenvalue weighted by Crippen LogP contribution is -2.43. The van der Waals surface area contributed by atoms with Crippen LogP contribution in [0.2, 0.25) is 0 Å². The molecule has 0 aromatic heterocycles. The molecule has 1 rings (SSSR count). The fourth-order valence-corrected chi connectivity index (χ4v) is 2.16. The smallest absolute Gasteiger partial charge is 0.00698 e. The first-order chi connectivity index (χ1) is 5.75. The summed E-state index contributed by atoms with van der Waals surface area (Å²) >= 11 is 0. The highest BCUT2D eigenvalue weighted by molar-refractivity contribution is 4.81. The van der Waals surface area contributed by atoms with Gasteiger partial charge in [-0.2, -0.15) is 0 Å². The predicted octanol–water partition coefficient (Wildman–Crippen LogP) is 2.83. The molecule has 0 amide bonds. The molecule has 1 nitrogen and oxygen atoms in total. The van der Waals surface area contributed by atoms with E-state index >= 15 is 0 Å². The van der Waals surface area contributed by atoms with E-state index in [2.05, 4.69) is 25.3 Å². The van der Waals surface area contributed by atoms with Crippen molar-refractivity contribution in [1.82, 2.24) is 4.90 Å². The van der Waals surface area contributed by atoms with Crippen LogP contribution >= 0.6 is 0 Å². The molecule has 1 aliphatic heterocycles. The Morgan fingerprint density at radius 3 is 2.42 bits per heavy atom. The molecular formula is C11H21N. The summed E-state index contributed by atoms with van der Waals surface area (Å²) < 4.78 is 0. The first kappa shape index (κ1) is 9.79.